The summed E-state index contributed by atoms with van der Waals surface area (Å²) >= 11 is 0. The van der Waals surface area contributed by atoms with Gasteiger partial charge in [0.25, 0.3) is 11.0 Å². The Morgan fingerprint density at radius 3 is 1.80 bits per heavy atom. The van der Waals surface area contributed by atoms with Crippen LogP contribution in [0.2, 0.25) is 0 Å². The minimum atomic E-state index is -2.82. The van der Waals surface area contributed by atoms with Crippen molar-refractivity contribution in [3.8, 4) is 0 Å². The van der Waals surface area contributed by atoms with E-state index in [1.54, 1.807) is 0 Å². The summed E-state index contributed by atoms with van der Waals surface area (Å²) in [6.45, 7) is 0. The predicted molar refractivity (Wildman–Crippen MR) is 15.6 cm³/mol. The van der Waals surface area contributed by atoms with E-state index < -0.39 is 11.0 Å². The average molecular weight is 97.1 g/mol. The van der Waals surface area contributed by atoms with E-state index in [-0.39, 0.29) is 0 Å². The van der Waals surface area contributed by atoms with Crippen molar-refractivity contribution in [3.05, 3.63) is 0 Å². The Morgan fingerprint density at radius 2 is 1.80 bits per heavy atom. The summed E-state index contributed by atoms with van der Waals surface area (Å²) in [6.07, 6.45) is 0. The first-order chi connectivity index (χ1) is 2.27. The first-order valence-corrected chi connectivity index (χ1v) is 1.88. The second-order valence-corrected chi connectivity index (χ2v) is 0.987. The first kappa shape index (κ1) is 4.87. The second kappa shape index (κ2) is 2.13. The highest BCUT2D eigenvalue weighted by molar-refractivity contribution is 7.67. The lowest BCUT2D eigenvalue weighted by Gasteiger charge is -1.66. The van der Waals surface area contributed by atoms with Crippen molar-refractivity contribution in [2.24, 2.45) is 5.90 Å². The molecule has 0 aromatic carbocycles. The van der Waals surface area contributed by atoms with Gasteiger partial charge in [-0.05, 0) is 0 Å². The zero-order chi connectivity index (χ0) is 4.28. The molecule has 0 fully saturated rings. The molecule has 5 heavy (non-hydrogen) atoms. The van der Waals surface area contributed by atoms with E-state index >= 15 is 0 Å². The maximum Gasteiger partial charge on any atom is 0.272 e. The molecule has 0 saturated carbocycles. The van der Waals surface area contributed by atoms with Crippen LogP contribution in [-0.2, 0) is 15.3 Å². The van der Waals surface area contributed by atoms with Crippen molar-refractivity contribution in [3.63, 3.8) is 0 Å². The van der Waals surface area contributed by atoms with Crippen LogP contribution in [0.1, 0.15) is 0 Å². The Hall–Kier alpha value is -0.130. The van der Waals surface area contributed by atoms with Gasteiger partial charge in [-0.1, -0.05) is 0 Å². The smallest absolute Gasteiger partial charge is 0.201 e. The highest BCUT2D eigenvalue weighted by Gasteiger charge is 1.62. The molecule has 0 unspecified atom stereocenters. The number of nitrogens with two attached hydrogens (primary N) is 1. The van der Waals surface area contributed by atoms with Crippen molar-refractivity contribution in [1.82, 2.24) is 0 Å². The van der Waals surface area contributed by atoms with Crippen molar-refractivity contribution < 1.29 is 12.7 Å². The summed E-state index contributed by atoms with van der Waals surface area (Å²) in [5.74, 6) is 4.08. The van der Waals surface area contributed by atoms with Gasteiger partial charge in [0.05, 0.1) is 0 Å². The summed E-state index contributed by atoms with van der Waals surface area (Å²) in [4.78, 5) is 0. The maximum absolute atomic E-state index is 9.06. The Kier molecular flexibility index (Phi) is 2.07. The maximum atomic E-state index is 9.06. The zero-order valence-electron chi connectivity index (χ0n) is 2.25. The van der Waals surface area contributed by atoms with Gasteiger partial charge in [-0.15, -0.1) is 0 Å². The van der Waals surface area contributed by atoms with Crippen LogP contribution in [0, 0.1) is 0 Å². The highest BCUT2D eigenvalue weighted by Crippen LogP contribution is 1.45. The van der Waals surface area contributed by atoms with Gasteiger partial charge in [-0.2, -0.15) is 10.2 Å². The summed E-state index contributed by atoms with van der Waals surface area (Å²) in [6, 6.07) is 0. The second-order valence-electron chi connectivity index (χ2n) is 0.329. The predicted octanol–water partition coefficient (Wildman–Crippen LogP) is -1.60. The highest BCUT2D eigenvalue weighted by atomic mass is 32.2. The molecule has 0 aromatic rings. The Morgan fingerprint density at radius 1 is 1.60 bits per heavy atom. The lowest BCUT2D eigenvalue weighted by atomic mass is 13.6. The van der Waals surface area contributed by atoms with Crippen LogP contribution in [-0.4, -0.2) is 8.42 Å². The SMILES string of the molecule is NO[SH](=O)=O. The van der Waals surface area contributed by atoms with Crippen molar-refractivity contribution in [2.75, 3.05) is 0 Å². The monoisotopic (exact) mass is 97.0 g/mol. The van der Waals surface area contributed by atoms with Crippen molar-refractivity contribution in [1.29, 1.82) is 0 Å². The first-order valence-electron chi connectivity index (χ1n) is 0.783. The van der Waals surface area contributed by atoms with Crippen LogP contribution in [0.5, 0.6) is 0 Å². The lowest BCUT2D eigenvalue weighted by Crippen LogP contribution is -1.93. The normalized spacial score (nSPS) is 9.20. The fourth-order valence-electron chi connectivity index (χ4n) is 0. The summed E-state index contributed by atoms with van der Waals surface area (Å²) in [7, 11) is -2.82. The van der Waals surface area contributed by atoms with Gasteiger partial charge in [-0.25, -0.2) is 8.42 Å². The molecule has 0 aliphatic carbocycles. The number of hydrogen-bond donors (Lipinski definition) is 2. The van der Waals surface area contributed by atoms with Gasteiger partial charge in [0, 0.05) is 0 Å². The third-order valence-corrected chi connectivity index (χ3v) is 0.258. The van der Waals surface area contributed by atoms with Crippen LogP contribution in [0.15, 0.2) is 0 Å². The van der Waals surface area contributed by atoms with E-state index in [2.05, 4.69) is 10.2 Å². The fraction of sp³-hybridized carbons (Fsp3) is 0. The molecule has 0 aromatic heterocycles. The minimum absolute atomic E-state index is 2.82. The zero-order valence-corrected chi connectivity index (χ0v) is 3.14. The van der Waals surface area contributed by atoms with E-state index in [4.69, 9.17) is 8.42 Å². The number of hydrogen-bond acceptors (Lipinski definition) is 4. The minimum Gasteiger partial charge on any atom is -0.201 e. The van der Waals surface area contributed by atoms with Gasteiger partial charge < -0.3 is 0 Å². The lowest BCUT2D eigenvalue weighted by molar-refractivity contribution is 0.350. The van der Waals surface area contributed by atoms with E-state index in [0.29, 0.717) is 0 Å². The molecule has 0 atom stereocenters. The van der Waals surface area contributed by atoms with Crippen LogP contribution in [0.4, 0.5) is 0 Å². The number of thiol groups is 1. The molecular formula is H3NO3S. The van der Waals surface area contributed by atoms with Crippen molar-refractivity contribution in [2.45, 2.75) is 0 Å². The molecule has 0 aliphatic rings. The Bertz CT molecular complexity index is 65.0. The molecule has 0 aliphatic heterocycles. The molecule has 0 spiro atoms. The van der Waals surface area contributed by atoms with E-state index in [0.717, 1.165) is 0 Å². The number of rotatable bonds is 1. The average Bonchev–Trinajstić information content (AvgIpc) is 1.38. The summed E-state index contributed by atoms with van der Waals surface area (Å²) < 4.78 is 21.3. The molecule has 0 radical (unpaired) electrons. The molecular weight excluding hydrogens is 94.1 g/mol. The standard InChI is InChI=1S/H3NO3S/c1-4-5(2)3/h5H,1H2. The molecule has 5 heteroatoms. The van der Waals surface area contributed by atoms with Crippen LogP contribution < -0.4 is 5.90 Å². The van der Waals surface area contributed by atoms with Gasteiger partial charge in [-0.3, -0.25) is 0 Å². The third kappa shape index (κ3) is 3.87. The molecule has 4 nitrogen and oxygen atoms in total. The van der Waals surface area contributed by atoms with Gasteiger partial charge in [0.15, 0.2) is 0 Å². The van der Waals surface area contributed by atoms with E-state index in [1.165, 1.54) is 0 Å². The quantitative estimate of drug-likeness (QED) is 0.305. The van der Waals surface area contributed by atoms with E-state index in [9.17, 15) is 0 Å². The molecule has 0 rings (SSSR count). The molecule has 2 N–H and O–H groups in total. The van der Waals surface area contributed by atoms with Crippen molar-refractivity contribution >= 4 is 11.0 Å². The van der Waals surface area contributed by atoms with Crippen LogP contribution in [0.3, 0.4) is 0 Å². The molecule has 0 saturated heterocycles. The topological polar surface area (TPSA) is 69.4 Å². The fourth-order valence-corrected chi connectivity index (χ4v) is 0. The Labute approximate surface area is 30.6 Å². The molecule has 0 heterocycles. The van der Waals surface area contributed by atoms with Gasteiger partial charge in [0.2, 0.25) is 0 Å². The van der Waals surface area contributed by atoms with Crippen LogP contribution >= 0.6 is 0 Å². The van der Waals surface area contributed by atoms with Gasteiger partial charge in [0.1, 0.15) is 0 Å². The van der Waals surface area contributed by atoms with E-state index in [1.807, 2.05) is 0 Å². The molecule has 0 amide bonds. The summed E-state index contributed by atoms with van der Waals surface area (Å²) in [5.41, 5.74) is 0. The Balaban J connectivity index is 3.23. The van der Waals surface area contributed by atoms with Gasteiger partial charge >= 0.3 is 0 Å². The summed E-state index contributed by atoms with van der Waals surface area (Å²) in [5, 5.41) is 0. The third-order valence-electron chi connectivity index (χ3n) is 0.0861. The molecule has 32 valence electrons. The largest absolute Gasteiger partial charge is 0.272 e. The van der Waals surface area contributed by atoms with Crippen LogP contribution in [0.25, 0.3) is 0 Å². The molecule has 0 bridgehead atoms.